The Morgan fingerprint density at radius 2 is 2.06 bits per heavy atom. The Balaban J connectivity index is 2.11. The molecule has 0 spiro atoms. The number of ether oxygens (including phenoxy) is 3. The van der Waals surface area contributed by atoms with Gasteiger partial charge >= 0.3 is 5.97 Å². The molecule has 0 aliphatic heterocycles. The summed E-state index contributed by atoms with van der Waals surface area (Å²) in [5.74, 6) is 0.520. The summed E-state index contributed by atoms with van der Waals surface area (Å²) >= 11 is 9.63. The first-order valence-electron chi connectivity index (χ1n) is 10.2. The van der Waals surface area contributed by atoms with E-state index in [0.29, 0.717) is 39.5 Å². The van der Waals surface area contributed by atoms with Crippen molar-refractivity contribution in [1.29, 1.82) is 0 Å². The lowest BCUT2D eigenvalue weighted by atomic mass is 10.2. The van der Waals surface area contributed by atoms with Gasteiger partial charge in [0.05, 0.1) is 30.8 Å². The van der Waals surface area contributed by atoms with Crippen molar-refractivity contribution in [3.8, 4) is 11.5 Å². The zero-order valence-corrected chi connectivity index (χ0v) is 20.9. The van der Waals surface area contributed by atoms with Gasteiger partial charge in [-0.3, -0.25) is 4.79 Å². The van der Waals surface area contributed by atoms with Crippen LogP contribution in [0.2, 0.25) is 5.02 Å². The van der Waals surface area contributed by atoms with Crippen LogP contribution in [0, 0.1) is 0 Å². The lowest BCUT2D eigenvalue weighted by Gasteiger charge is -2.18. The van der Waals surface area contributed by atoms with Gasteiger partial charge in [0.15, 0.2) is 17.6 Å². The number of fused-ring (bicyclic) bond motifs is 1. The summed E-state index contributed by atoms with van der Waals surface area (Å²) in [6.45, 7) is 5.39. The highest BCUT2D eigenvalue weighted by Crippen LogP contribution is 2.34. The number of hydrogen-bond donors (Lipinski definition) is 0. The molecule has 0 saturated heterocycles. The topological polar surface area (TPSA) is 92.0 Å². The summed E-state index contributed by atoms with van der Waals surface area (Å²) in [7, 11) is 1.46. The highest BCUT2D eigenvalue weighted by atomic mass is 79.9. The van der Waals surface area contributed by atoms with Crippen LogP contribution in [0.5, 0.6) is 11.5 Å². The molecule has 1 aromatic heterocycles. The second-order valence-corrected chi connectivity index (χ2v) is 8.30. The van der Waals surface area contributed by atoms with Crippen LogP contribution in [0.3, 0.4) is 0 Å². The van der Waals surface area contributed by atoms with Crippen molar-refractivity contribution in [3.05, 3.63) is 61.6 Å². The van der Waals surface area contributed by atoms with Gasteiger partial charge in [0.25, 0.3) is 5.56 Å². The SMILES string of the molecule is CCOC(=O)[C@H](C)Oc1c(C=Nn2c(CC)nc3ccc(Br)cc3c2=O)cc(Cl)cc1OC. The van der Waals surface area contributed by atoms with Crippen LogP contribution in [0.1, 0.15) is 32.2 Å². The molecular formula is C23H23BrClN3O5. The predicted molar refractivity (Wildman–Crippen MR) is 131 cm³/mol. The second-order valence-electron chi connectivity index (χ2n) is 6.94. The van der Waals surface area contributed by atoms with Crippen LogP contribution in [0.4, 0.5) is 0 Å². The third-order valence-corrected chi connectivity index (χ3v) is 5.40. The molecule has 3 rings (SSSR count). The molecule has 8 nitrogen and oxygen atoms in total. The van der Waals surface area contributed by atoms with Crippen molar-refractivity contribution in [1.82, 2.24) is 9.66 Å². The summed E-state index contributed by atoms with van der Waals surface area (Å²) in [6, 6.07) is 8.47. The van der Waals surface area contributed by atoms with Crippen LogP contribution in [-0.4, -0.2) is 41.7 Å². The number of methoxy groups -OCH3 is 1. The van der Waals surface area contributed by atoms with E-state index < -0.39 is 12.1 Å². The molecule has 0 aliphatic rings. The summed E-state index contributed by atoms with van der Waals surface area (Å²) in [4.78, 5) is 29.8. The monoisotopic (exact) mass is 535 g/mol. The molecule has 0 N–H and O–H groups in total. The highest BCUT2D eigenvalue weighted by molar-refractivity contribution is 9.10. The first-order chi connectivity index (χ1) is 15.8. The van der Waals surface area contributed by atoms with Gasteiger partial charge in [-0.2, -0.15) is 9.78 Å². The number of hydrogen-bond acceptors (Lipinski definition) is 7. The minimum Gasteiger partial charge on any atom is -0.493 e. The van der Waals surface area contributed by atoms with Crippen molar-refractivity contribution in [2.45, 2.75) is 33.3 Å². The first kappa shape index (κ1) is 24.7. The largest absolute Gasteiger partial charge is 0.493 e. The van der Waals surface area contributed by atoms with Crippen molar-refractivity contribution >= 4 is 50.6 Å². The molecule has 1 atom stereocenters. The number of halogens is 2. The molecular weight excluding hydrogens is 514 g/mol. The van der Waals surface area contributed by atoms with Gasteiger partial charge in [-0.25, -0.2) is 9.78 Å². The Morgan fingerprint density at radius 3 is 2.73 bits per heavy atom. The van der Waals surface area contributed by atoms with Gasteiger partial charge in [-0.1, -0.05) is 34.5 Å². The minimum atomic E-state index is -0.902. The molecule has 0 saturated carbocycles. The van der Waals surface area contributed by atoms with Gasteiger partial charge in [0.1, 0.15) is 5.82 Å². The summed E-state index contributed by atoms with van der Waals surface area (Å²) < 4.78 is 18.2. The van der Waals surface area contributed by atoms with Crippen molar-refractivity contribution in [2.75, 3.05) is 13.7 Å². The van der Waals surface area contributed by atoms with Crippen molar-refractivity contribution in [3.63, 3.8) is 0 Å². The Kier molecular flexibility index (Phi) is 8.10. The van der Waals surface area contributed by atoms with Gasteiger partial charge < -0.3 is 14.2 Å². The number of carbonyl (C=O) groups is 1. The van der Waals surface area contributed by atoms with Gasteiger partial charge in [-0.05, 0) is 38.1 Å². The fraction of sp³-hybridized carbons (Fsp3) is 0.304. The zero-order chi connectivity index (χ0) is 24.1. The lowest BCUT2D eigenvalue weighted by Crippen LogP contribution is -2.26. The molecule has 1 heterocycles. The molecule has 0 amide bonds. The average Bonchev–Trinajstić information content (AvgIpc) is 2.79. The molecule has 174 valence electrons. The summed E-state index contributed by atoms with van der Waals surface area (Å²) in [5, 5.41) is 5.18. The van der Waals surface area contributed by atoms with Gasteiger partial charge in [0, 0.05) is 27.5 Å². The van der Waals surface area contributed by atoms with E-state index in [0.717, 1.165) is 4.47 Å². The van der Waals surface area contributed by atoms with Crippen LogP contribution >= 0.6 is 27.5 Å². The number of carbonyl (C=O) groups excluding carboxylic acids is 1. The normalized spacial score (nSPS) is 12.2. The van der Waals surface area contributed by atoms with Crippen molar-refractivity contribution < 1.29 is 19.0 Å². The maximum Gasteiger partial charge on any atom is 0.347 e. The Morgan fingerprint density at radius 1 is 1.30 bits per heavy atom. The lowest BCUT2D eigenvalue weighted by molar-refractivity contribution is -0.150. The van der Waals surface area contributed by atoms with Gasteiger partial charge in [-0.15, -0.1) is 0 Å². The predicted octanol–water partition coefficient (Wildman–Crippen LogP) is 4.60. The number of benzene rings is 2. The fourth-order valence-corrected chi connectivity index (χ4v) is 3.69. The Hall–Kier alpha value is -2.91. The molecule has 2 aromatic carbocycles. The van der Waals surface area contributed by atoms with E-state index in [9.17, 15) is 9.59 Å². The number of nitrogens with zero attached hydrogens (tertiary/aromatic N) is 3. The first-order valence-corrected chi connectivity index (χ1v) is 11.4. The zero-order valence-electron chi connectivity index (χ0n) is 18.6. The highest BCUT2D eigenvalue weighted by Gasteiger charge is 2.21. The number of aromatic nitrogens is 2. The minimum absolute atomic E-state index is 0.229. The second kappa shape index (κ2) is 10.8. The molecule has 33 heavy (non-hydrogen) atoms. The molecule has 10 heteroatoms. The summed E-state index contributed by atoms with van der Waals surface area (Å²) in [6.07, 6.45) is 1.01. The maximum absolute atomic E-state index is 13.1. The number of esters is 1. The number of rotatable bonds is 8. The fourth-order valence-electron chi connectivity index (χ4n) is 3.11. The van der Waals surface area contributed by atoms with E-state index in [1.807, 2.05) is 13.0 Å². The molecule has 0 unspecified atom stereocenters. The van der Waals surface area contributed by atoms with E-state index in [1.165, 1.54) is 18.0 Å². The molecule has 0 aliphatic carbocycles. The van der Waals surface area contributed by atoms with Gasteiger partial charge in [0.2, 0.25) is 0 Å². The Bertz CT molecular complexity index is 1280. The van der Waals surface area contributed by atoms with E-state index in [-0.39, 0.29) is 17.9 Å². The average molecular weight is 537 g/mol. The van der Waals surface area contributed by atoms with Crippen molar-refractivity contribution in [2.24, 2.45) is 5.10 Å². The molecule has 0 radical (unpaired) electrons. The van der Waals surface area contributed by atoms with E-state index in [1.54, 1.807) is 38.1 Å². The Labute approximate surface area is 204 Å². The summed E-state index contributed by atoms with van der Waals surface area (Å²) in [5.41, 5.74) is 0.688. The quantitative estimate of drug-likeness (QED) is 0.309. The standard InChI is InChI=1S/C23H23BrClN3O5/c1-5-20-27-18-8-7-15(24)10-17(18)22(29)28(20)26-12-14-9-16(25)11-19(31-4)21(14)33-13(3)23(30)32-6-2/h7-13H,5-6H2,1-4H3/t13-/m0/s1. The third-order valence-electron chi connectivity index (χ3n) is 4.69. The third kappa shape index (κ3) is 5.54. The van der Waals surface area contributed by atoms with Crippen LogP contribution in [0.15, 0.2) is 44.7 Å². The van der Waals surface area contributed by atoms with E-state index >= 15 is 0 Å². The van der Waals surface area contributed by atoms with Crippen LogP contribution in [0.25, 0.3) is 10.9 Å². The molecule has 3 aromatic rings. The van der Waals surface area contributed by atoms with E-state index in [2.05, 4.69) is 26.0 Å². The van der Waals surface area contributed by atoms with Crippen LogP contribution < -0.4 is 15.0 Å². The van der Waals surface area contributed by atoms with Crippen LogP contribution in [-0.2, 0) is 16.0 Å². The van der Waals surface area contributed by atoms with E-state index in [4.69, 9.17) is 25.8 Å². The molecule has 0 bridgehead atoms. The maximum atomic E-state index is 13.1. The molecule has 0 fully saturated rings. The smallest absolute Gasteiger partial charge is 0.347 e. The number of aryl methyl sites for hydroxylation is 1.